The van der Waals surface area contributed by atoms with Gasteiger partial charge in [-0.25, -0.2) is 4.57 Å². The maximum absolute atomic E-state index is 13.0. The van der Waals surface area contributed by atoms with Crippen LogP contribution in [0, 0.1) is 0 Å². The maximum atomic E-state index is 13.0. The summed E-state index contributed by atoms with van der Waals surface area (Å²) in [4.78, 5) is 23.3. The van der Waals surface area contributed by atoms with E-state index in [2.05, 4.69) is 104 Å². The monoisotopic (exact) mass is 932 g/mol. The van der Waals surface area contributed by atoms with E-state index >= 15 is 0 Å². The van der Waals surface area contributed by atoms with E-state index in [1.54, 1.807) is 0 Å². The van der Waals surface area contributed by atoms with Gasteiger partial charge in [0.05, 0.1) is 39.9 Å². The predicted molar refractivity (Wildman–Crippen MR) is 278 cm³/mol. The Hall–Kier alpha value is -2.36. The number of quaternary nitrogens is 1. The van der Waals surface area contributed by atoms with E-state index < -0.39 is 32.7 Å². The Kier molecular flexibility index (Phi) is 43.8. The second-order valence-corrected chi connectivity index (χ2v) is 20.1. The van der Waals surface area contributed by atoms with Gasteiger partial charge >= 0.3 is 7.82 Å². The smallest absolute Gasteiger partial charge is 0.390 e. The largest absolute Gasteiger partial charge is 0.472 e. The van der Waals surface area contributed by atoms with E-state index in [0.717, 1.165) is 77.0 Å². The average Bonchev–Trinajstić information content (AvgIpc) is 3.26. The van der Waals surface area contributed by atoms with Crippen LogP contribution in [0.5, 0.6) is 0 Å². The summed E-state index contributed by atoms with van der Waals surface area (Å²) in [6.07, 6.45) is 59.4. The van der Waals surface area contributed by atoms with Crippen LogP contribution in [0.15, 0.2) is 85.1 Å². The van der Waals surface area contributed by atoms with Crippen molar-refractivity contribution < 1.29 is 38.0 Å². The number of amides is 1. The zero-order valence-electron chi connectivity index (χ0n) is 42.3. The SMILES string of the molecule is CC/C=C\C/C=C\C/C=C\C/C=C\C/C=C\C/C=C\CCCCCCCCCCCCC(=O)NC(COP(=O)(O)OCC[N+](C)(C)C)C(O)C(O)CCC/C=C/CCCCCCCCC. The van der Waals surface area contributed by atoms with Crippen LogP contribution in [0.1, 0.15) is 200 Å². The number of aliphatic hydroxyl groups excluding tert-OH is 2. The fourth-order valence-corrected chi connectivity index (χ4v) is 7.82. The van der Waals surface area contributed by atoms with Crippen molar-refractivity contribution in [3.05, 3.63) is 85.1 Å². The number of aliphatic hydroxyl groups is 2. The second-order valence-electron chi connectivity index (χ2n) is 18.6. The van der Waals surface area contributed by atoms with Crippen LogP contribution >= 0.6 is 7.82 Å². The maximum Gasteiger partial charge on any atom is 0.472 e. The summed E-state index contributed by atoms with van der Waals surface area (Å²) in [5, 5.41) is 24.7. The molecule has 1 amide bonds. The molecule has 0 saturated carbocycles. The van der Waals surface area contributed by atoms with Gasteiger partial charge in [0.2, 0.25) is 5.91 Å². The number of likely N-dealkylation sites (N-methyl/N-ethyl adjacent to an activating group) is 1. The van der Waals surface area contributed by atoms with E-state index in [-0.39, 0.29) is 18.9 Å². The highest BCUT2D eigenvalue weighted by Crippen LogP contribution is 2.43. The van der Waals surface area contributed by atoms with Gasteiger partial charge in [-0.15, -0.1) is 0 Å². The third-order valence-electron chi connectivity index (χ3n) is 11.2. The third kappa shape index (κ3) is 46.5. The summed E-state index contributed by atoms with van der Waals surface area (Å²) in [5.74, 6) is -0.277. The van der Waals surface area contributed by atoms with Crippen molar-refractivity contribution in [2.75, 3.05) is 40.9 Å². The van der Waals surface area contributed by atoms with Crippen molar-refractivity contribution in [3.8, 4) is 0 Å². The highest BCUT2D eigenvalue weighted by molar-refractivity contribution is 7.47. The first-order chi connectivity index (χ1) is 31.4. The Bertz CT molecular complexity index is 1350. The molecule has 9 nitrogen and oxygen atoms in total. The lowest BCUT2D eigenvalue weighted by atomic mass is 10.0. The molecule has 0 heterocycles. The molecule has 10 heteroatoms. The number of nitrogens with one attached hydrogen (secondary N) is 1. The van der Waals surface area contributed by atoms with Crippen LogP contribution in [0.4, 0.5) is 0 Å². The number of nitrogens with zero attached hydrogens (tertiary/aromatic N) is 1. The van der Waals surface area contributed by atoms with E-state index in [1.807, 2.05) is 21.1 Å². The molecule has 0 aromatic rings. The molecule has 376 valence electrons. The summed E-state index contributed by atoms with van der Waals surface area (Å²) in [6.45, 7) is 4.45. The number of hydrogen-bond donors (Lipinski definition) is 4. The van der Waals surface area contributed by atoms with Gasteiger partial charge in [0.25, 0.3) is 0 Å². The molecule has 0 aromatic carbocycles. The molecule has 0 aliphatic carbocycles. The molecule has 0 aromatic heterocycles. The van der Waals surface area contributed by atoms with Crippen molar-refractivity contribution in [1.29, 1.82) is 0 Å². The summed E-state index contributed by atoms with van der Waals surface area (Å²) >= 11 is 0. The van der Waals surface area contributed by atoms with Crippen LogP contribution in [0.3, 0.4) is 0 Å². The number of carbonyl (C=O) groups excluding carboxylic acids is 1. The molecular weight excluding hydrogens is 832 g/mol. The molecule has 0 fully saturated rings. The number of rotatable bonds is 46. The van der Waals surface area contributed by atoms with Gasteiger partial charge in [0.1, 0.15) is 19.3 Å². The molecule has 0 spiro atoms. The molecule has 0 bridgehead atoms. The van der Waals surface area contributed by atoms with Crippen LogP contribution in [-0.4, -0.2) is 84.6 Å². The van der Waals surface area contributed by atoms with Crippen molar-refractivity contribution in [3.63, 3.8) is 0 Å². The molecule has 0 saturated heterocycles. The fourth-order valence-electron chi connectivity index (χ4n) is 7.09. The molecule has 0 radical (unpaired) electrons. The first kappa shape index (κ1) is 62.6. The van der Waals surface area contributed by atoms with E-state index in [9.17, 15) is 24.5 Å². The van der Waals surface area contributed by atoms with Gasteiger partial charge in [-0.2, -0.15) is 0 Å². The molecule has 65 heavy (non-hydrogen) atoms. The Morgan fingerprint density at radius 2 is 0.954 bits per heavy atom. The Morgan fingerprint density at radius 1 is 0.554 bits per heavy atom. The Balaban J connectivity index is 4.30. The molecule has 0 rings (SSSR count). The lowest BCUT2D eigenvalue weighted by Crippen LogP contribution is -2.51. The van der Waals surface area contributed by atoms with E-state index in [4.69, 9.17) is 9.05 Å². The standard InChI is InChI=1S/C55H99N2O7P/c1-6-8-10-12-14-16-18-20-21-22-23-24-25-26-27-28-29-30-31-32-33-34-35-36-38-40-42-44-46-48-54(59)56-52(51-64-65(61,62)63-50-49-57(3,4)5)55(60)53(58)47-45-43-41-39-37-19-17-15-13-11-9-7-2/h8,10,14,16,20-21,23-24,26-27,29-30,39,41,52-53,55,58,60H,6-7,9,11-13,15,17-19,22,25,28,31-38,40,42-51H2,1-5H3,(H-,56,59,61,62)/p+1/b10-8-,16-14-,21-20-,24-23-,27-26-,30-29-,41-39+. The third-order valence-corrected chi connectivity index (χ3v) is 12.2. The number of hydrogen-bond acceptors (Lipinski definition) is 6. The zero-order valence-corrected chi connectivity index (χ0v) is 43.2. The van der Waals surface area contributed by atoms with Crippen LogP contribution in [0.2, 0.25) is 0 Å². The minimum Gasteiger partial charge on any atom is -0.390 e. The number of allylic oxidation sites excluding steroid dienone is 14. The Labute approximate surface area is 399 Å². The summed E-state index contributed by atoms with van der Waals surface area (Å²) in [6, 6.07) is -1.06. The van der Waals surface area contributed by atoms with Crippen molar-refractivity contribution in [2.45, 2.75) is 218 Å². The molecular formula is C55H100N2O7P+. The molecule has 0 aliphatic rings. The molecule has 4 atom stereocenters. The summed E-state index contributed by atoms with van der Waals surface area (Å²) in [7, 11) is 1.40. The quantitative estimate of drug-likeness (QED) is 0.0207. The summed E-state index contributed by atoms with van der Waals surface area (Å²) in [5.41, 5.74) is 0. The van der Waals surface area contributed by atoms with Crippen LogP contribution in [-0.2, 0) is 18.4 Å². The van der Waals surface area contributed by atoms with Crippen molar-refractivity contribution in [1.82, 2.24) is 5.32 Å². The van der Waals surface area contributed by atoms with Crippen molar-refractivity contribution >= 4 is 13.7 Å². The van der Waals surface area contributed by atoms with E-state index in [0.29, 0.717) is 30.3 Å². The summed E-state index contributed by atoms with van der Waals surface area (Å²) < 4.78 is 23.5. The van der Waals surface area contributed by atoms with E-state index in [1.165, 1.54) is 83.5 Å². The lowest BCUT2D eigenvalue weighted by Gasteiger charge is -2.28. The van der Waals surface area contributed by atoms with Gasteiger partial charge in [0.15, 0.2) is 0 Å². The Morgan fingerprint density at radius 3 is 1.42 bits per heavy atom. The molecule has 0 aliphatic heterocycles. The lowest BCUT2D eigenvalue weighted by molar-refractivity contribution is -0.870. The zero-order chi connectivity index (χ0) is 48.0. The first-order valence-corrected chi connectivity index (χ1v) is 27.5. The molecule has 4 unspecified atom stereocenters. The number of carbonyl (C=O) groups is 1. The highest BCUT2D eigenvalue weighted by atomic mass is 31.2. The van der Waals surface area contributed by atoms with Crippen molar-refractivity contribution in [2.24, 2.45) is 0 Å². The van der Waals surface area contributed by atoms with Crippen LogP contribution < -0.4 is 5.32 Å². The van der Waals surface area contributed by atoms with Gasteiger partial charge in [-0.05, 0) is 89.9 Å². The topological polar surface area (TPSA) is 125 Å². The fraction of sp³-hybridized carbons (Fsp3) is 0.727. The number of phosphoric acid groups is 1. The van der Waals surface area contributed by atoms with Gasteiger partial charge in [-0.1, -0.05) is 189 Å². The number of unbranched alkanes of at least 4 members (excludes halogenated alkanes) is 18. The number of phosphoric ester groups is 1. The minimum atomic E-state index is -4.43. The average molecular weight is 932 g/mol. The normalized spacial score (nSPS) is 15.3. The van der Waals surface area contributed by atoms with Gasteiger partial charge in [0, 0.05) is 6.42 Å². The highest BCUT2D eigenvalue weighted by Gasteiger charge is 2.31. The molecule has 4 N–H and O–H groups in total. The van der Waals surface area contributed by atoms with Gasteiger partial charge in [-0.3, -0.25) is 13.8 Å². The van der Waals surface area contributed by atoms with Crippen LogP contribution in [0.25, 0.3) is 0 Å². The van der Waals surface area contributed by atoms with Gasteiger partial charge < -0.3 is 24.9 Å². The second kappa shape index (κ2) is 45.4. The first-order valence-electron chi connectivity index (χ1n) is 26.0. The minimum absolute atomic E-state index is 0.0116. The predicted octanol–water partition coefficient (Wildman–Crippen LogP) is 14.3.